The van der Waals surface area contributed by atoms with E-state index >= 15 is 0 Å². The third-order valence-corrected chi connectivity index (χ3v) is 5.76. The normalized spacial score (nSPS) is 18.7. The van der Waals surface area contributed by atoms with Crippen molar-refractivity contribution in [1.82, 2.24) is 0 Å². The van der Waals surface area contributed by atoms with E-state index in [-0.39, 0.29) is 6.42 Å². The van der Waals surface area contributed by atoms with E-state index in [9.17, 15) is 14.5 Å². The van der Waals surface area contributed by atoms with Crippen molar-refractivity contribution in [3.8, 4) is 0 Å². The van der Waals surface area contributed by atoms with Crippen LogP contribution in [0.25, 0.3) is 21.3 Å². The molecular formula is C18H13O4P. The molecule has 2 atom stereocenters. The predicted molar refractivity (Wildman–Crippen MR) is 86.9 cm³/mol. The average Bonchev–Trinajstić information content (AvgIpc) is 2.85. The molecule has 0 radical (unpaired) electrons. The van der Waals surface area contributed by atoms with Crippen LogP contribution in [-0.2, 0) is 20.7 Å². The second-order valence-electron chi connectivity index (χ2n) is 5.75. The lowest BCUT2D eigenvalue weighted by Gasteiger charge is -2.10. The topological polar surface area (TPSA) is 66.4 Å². The third-order valence-electron chi connectivity index (χ3n) is 4.27. The molecule has 2 heterocycles. The summed E-state index contributed by atoms with van der Waals surface area (Å²) in [7, 11) is -1.67. The average molecular weight is 324 g/mol. The van der Waals surface area contributed by atoms with Crippen LogP contribution in [0.4, 0.5) is 0 Å². The van der Waals surface area contributed by atoms with Crippen LogP contribution in [0.3, 0.4) is 0 Å². The highest BCUT2D eigenvalue weighted by Crippen LogP contribution is 2.40. The second-order valence-corrected chi connectivity index (χ2v) is 7.11. The lowest BCUT2D eigenvalue weighted by atomic mass is 9.96. The lowest BCUT2D eigenvalue weighted by Crippen LogP contribution is -2.11. The molecular weight excluding hydrogens is 311 g/mol. The minimum absolute atomic E-state index is 0.0968. The summed E-state index contributed by atoms with van der Waals surface area (Å²) in [5.41, 5.74) is 0.853. The fourth-order valence-electron chi connectivity index (χ4n) is 3.22. The van der Waals surface area contributed by atoms with Crippen molar-refractivity contribution in [3.05, 3.63) is 53.8 Å². The molecule has 1 fully saturated rings. The van der Waals surface area contributed by atoms with E-state index in [4.69, 9.17) is 0 Å². The van der Waals surface area contributed by atoms with Gasteiger partial charge in [-0.2, -0.15) is 0 Å². The number of cyclic esters (lactones) is 2. The lowest BCUT2D eigenvalue weighted by molar-refractivity contribution is -0.153. The van der Waals surface area contributed by atoms with Gasteiger partial charge in [0.2, 0.25) is 0 Å². The molecule has 0 saturated carbocycles. The Hall–Kier alpha value is -2.29. The minimum Gasteiger partial charge on any atom is -0.626 e. The summed E-state index contributed by atoms with van der Waals surface area (Å²) in [4.78, 5) is 35.7. The number of carbonyl (C=O) groups excluding carboxylic acids is 2. The van der Waals surface area contributed by atoms with Crippen LogP contribution in [0.1, 0.15) is 12.0 Å². The molecule has 23 heavy (non-hydrogen) atoms. The maximum absolute atomic E-state index is 12.7. The molecule has 1 aromatic heterocycles. The first-order chi connectivity index (χ1) is 11.1. The Morgan fingerprint density at radius 1 is 1.09 bits per heavy atom. The monoisotopic (exact) mass is 324 g/mol. The van der Waals surface area contributed by atoms with E-state index in [1.54, 1.807) is 5.80 Å². The van der Waals surface area contributed by atoms with Gasteiger partial charge in [0.15, 0.2) is 5.12 Å². The molecule has 0 aliphatic carbocycles. The van der Waals surface area contributed by atoms with Gasteiger partial charge >= 0.3 is 11.9 Å². The Labute approximate surface area is 133 Å². The van der Waals surface area contributed by atoms with Crippen LogP contribution < -0.4 is 4.89 Å². The number of esters is 2. The predicted octanol–water partition coefficient (Wildman–Crippen LogP) is 3.02. The Bertz CT molecular complexity index is 964. The van der Waals surface area contributed by atoms with Crippen molar-refractivity contribution >= 4 is 41.0 Å². The summed E-state index contributed by atoms with van der Waals surface area (Å²) in [6.07, 6.45) is 0.477. The van der Waals surface area contributed by atoms with E-state index in [1.807, 2.05) is 42.5 Å². The van der Waals surface area contributed by atoms with Gasteiger partial charge in [-0.1, -0.05) is 36.4 Å². The molecule has 5 heteroatoms. The quantitative estimate of drug-likeness (QED) is 0.413. The Kier molecular flexibility index (Phi) is 3.37. The zero-order valence-corrected chi connectivity index (χ0v) is 13.1. The van der Waals surface area contributed by atoms with Crippen molar-refractivity contribution < 1.29 is 19.2 Å². The van der Waals surface area contributed by atoms with Crippen molar-refractivity contribution in [1.29, 1.82) is 0 Å². The summed E-state index contributed by atoms with van der Waals surface area (Å²) in [5, 5.41) is 3.73. The van der Waals surface area contributed by atoms with Crippen molar-refractivity contribution in [2.75, 3.05) is 0 Å². The van der Waals surface area contributed by atoms with E-state index in [1.165, 1.54) is 0 Å². The molecule has 0 bridgehead atoms. The van der Waals surface area contributed by atoms with E-state index < -0.39 is 25.6 Å². The van der Waals surface area contributed by atoms with Gasteiger partial charge in [-0.15, -0.1) is 0 Å². The van der Waals surface area contributed by atoms with Gasteiger partial charge in [-0.25, -0.2) is 0 Å². The zero-order chi connectivity index (χ0) is 16.0. The molecule has 2 unspecified atom stereocenters. The van der Waals surface area contributed by atoms with Gasteiger partial charge in [0, 0.05) is 16.3 Å². The number of ether oxygens (including phenoxy) is 1. The fraction of sp³-hybridized carbons (Fsp3) is 0.167. The zero-order valence-electron chi connectivity index (χ0n) is 12.2. The van der Waals surface area contributed by atoms with Crippen LogP contribution in [0.5, 0.6) is 0 Å². The molecule has 0 amide bonds. The van der Waals surface area contributed by atoms with E-state index in [0.717, 1.165) is 26.8 Å². The molecule has 0 spiro atoms. The second kappa shape index (κ2) is 5.41. The minimum atomic E-state index is -1.67. The molecule has 2 aromatic carbocycles. The van der Waals surface area contributed by atoms with Gasteiger partial charge in [0.25, 0.3) is 0 Å². The van der Waals surface area contributed by atoms with E-state index in [2.05, 4.69) is 4.74 Å². The molecule has 1 aliphatic heterocycles. The number of fused-ring (bicyclic) bond motifs is 3. The third kappa shape index (κ3) is 2.40. The number of benzene rings is 2. The number of rotatable bonds is 2. The smallest absolute Gasteiger partial charge is 0.317 e. The first-order valence-electron chi connectivity index (χ1n) is 7.40. The van der Waals surface area contributed by atoms with Crippen molar-refractivity contribution in [3.63, 3.8) is 0 Å². The Morgan fingerprint density at radius 2 is 1.87 bits per heavy atom. The van der Waals surface area contributed by atoms with Crippen LogP contribution in [-0.4, -0.2) is 11.9 Å². The van der Waals surface area contributed by atoms with E-state index in [0.29, 0.717) is 6.42 Å². The highest BCUT2D eigenvalue weighted by Gasteiger charge is 2.34. The standard InChI is InChI=1S/C18H13O4P/c19-16-9-13(18(20)22-16)8-11-5-3-7-15-14-6-2-1-4-12(14)10-23(21)17(11)15/h1-7,10,13H,8-9H2. The Balaban J connectivity index is 1.89. The molecule has 1 aliphatic rings. The van der Waals surface area contributed by atoms with Gasteiger partial charge in [-0.05, 0) is 17.9 Å². The van der Waals surface area contributed by atoms with Gasteiger partial charge < -0.3 is 9.63 Å². The molecule has 4 nitrogen and oxygen atoms in total. The summed E-state index contributed by atoms with van der Waals surface area (Å²) >= 11 is 0. The summed E-state index contributed by atoms with van der Waals surface area (Å²) in [6, 6.07) is 13.6. The largest absolute Gasteiger partial charge is 0.626 e. The van der Waals surface area contributed by atoms with Crippen molar-refractivity contribution in [2.45, 2.75) is 12.8 Å². The molecule has 1 saturated heterocycles. The van der Waals surface area contributed by atoms with Gasteiger partial charge in [-0.3, -0.25) is 9.59 Å². The van der Waals surface area contributed by atoms with Crippen molar-refractivity contribution in [2.24, 2.45) is 5.92 Å². The number of carbonyl (C=O) groups is 2. The molecule has 114 valence electrons. The molecule has 0 N–H and O–H groups in total. The molecule has 4 rings (SSSR count). The summed E-state index contributed by atoms with van der Waals surface area (Å²) in [5.74, 6) is 0.331. The molecule has 3 aromatic rings. The SMILES string of the molecule is O=C1CC(Cc2cccc3c4ccccc4c[p+]([O-])c23)C(=O)O1. The maximum atomic E-state index is 12.7. The summed E-state index contributed by atoms with van der Waals surface area (Å²) < 4.78 is 4.61. The first-order valence-corrected chi connectivity index (χ1v) is 8.73. The van der Waals surface area contributed by atoms with Crippen LogP contribution in [0.15, 0.2) is 48.3 Å². The van der Waals surface area contributed by atoms with Crippen LogP contribution in [0.2, 0.25) is 0 Å². The summed E-state index contributed by atoms with van der Waals surface area (Å²) in [6.45, 7) is 0. The van der Waals surface area contributed by atoms with Gasteiger partial charge in [0.1, 0.15) is 5.80 Å². The van der Waals surface area contributed by atoms with Crippen LogP contribution >= 0.6 is 7.76 Å². The van der Waals surface area contributed by atoms with Crippen LogP contribution in [0, 0.1) is 5.92 Å². The number of hydrogen-bond acceptors (Lipinski definition) is 4. The highest BCUT2D eigenvalue weighted by atomic mass is 31.1. The number of hydrogen-bond donors (Lipinski definition) is 0. The Morgan fingerprint density at radius 3 is 2.65 bits per heavy atom. The highest BCUT2D eigenvalue weighted by molar-refractivity contribution is 7.48. The fourth-order valence-corrected chi connectivity index (χ4v) is 4.71. The van der Waals surface area contributed by atoms with Gasteiger partial charge in [0.05, 0.1) is 20.1 Å². The maximum Gasteiger partial charge on any atom is 0.317 e. The first kappa shape index (κ1) is 14.3.